The van der Waals surface area contributed by atoms with E-state index in [2.05, 4.69) is 21.2 Å². The number of rotatable bonds is 13. The van der Waals surface area contributed by atoms with Crippen molar-refractivity contribution in [1.29, 1.82) is 0 Å². The van der Waals surface area contributed by atoms with Crippen LogP contribution in [0.5, 0.6) is 23.0 Å². The number of hydrazone groups is 1. The molecular formula is C29H31ClN4O7. The lowest BCUT2D eigenvalue weighted by atomic mass is 10.1. The molecule has 0 aliphatic carbocycles. The number of anilines is 1. The molecule has 0 aromatic heterocycles. The Morgan fingerprint density at radius 2 is 1.66 bits per heavy atom. The van der Waals surface area contributed by atoms with E-state index in [1.807, 2.05) is 12.1 Å². The lowest BCUT2D eigenvalue weighted by Crippen LogP contribution is -2.38. The maximum absolute atomic E-state index is 12.3. The van der Waals surface area contributed by atoms with E-state index in [9.17, 15) is 14.4 Å². The number of para-hydroxylation sites is 1. The van der Waals surface area contributed by atoms with Crippen LogP contribution in [0.3, 0.4) is 0 Å². The Balaban J connectivity index is 1.52. The van der Waals surface area contributed by atoms with Gasteiger partial charge in [0.1, 0.15) is 0 Å². The quantitative estimate of drug-likeness (QED) is 0.159. The molecule has 12 heteroatoms. The minimum absolute atomic E-state index is 0.171. The van der Waals surface area contributed by atoms with Crippen LogP contribution in [0.1, 0.15) is 18.1 Å². The maximum atomic E-state index is 12.3. The molecule has 3 aromatic rings. The van der Waals surface area contributed by atoms with Gasteiger partial charge in [0.05, 0.1) is 32.1 Å². The molecule has 0 saturated carbocycles. The van der Waals surface area contributed by atoms with Gasteiger partial charge in [-0.3, -0.25) is 14.4 Å². The van der Waals surface area contributed by atoms with E-state index in [0.717, 1.165) is 5.56 Å². The van der Waals surface area contributed by atoms with E-state index in [-0.39, 0.29) is 35.6 Å². The summed E-state index contributed by atoms with van der Waals surface area (Å²) in [5.41, 5.74) is 4.17. The molecule has 11 nitrogen and oxygen atoms in total. The SMILES string of the molecule is CCOc1cc(/C=N\NC(=O)C(=O)NCCc2ccc(OC)c(OC)c2)cc(Cl)c1OCC(=O)Nc1ccccc1. The fraction of sp³-hybridized carbons (Fsp3) is 0.241. The molecule has 3 rings (SSSR count). The number of benzene rings is 3. The number of hydrogen-bond acceptors (Lipinski definition) is 8. The Kier molecular flexibility index (Phi) is 11.8. The highest BCUT2D eigenvalue weighted by Crippen LogP contribution is 2.36. The first-order valence-corrected chi connectivity index (χ1v) is 13.0. The fourth-order valence-corrected chi connectivity index (χ4v) is 3.85. The molecule has 0 heterocycles. The number of ether oxygens (including phenoxy) is 4. The number of methoxy groups -OCH3 is 2. The monoisotopic (exact) mass is 582 g/mol. The molecule has 0 aliphatic rings. The zero-order chi connectivity index (χ0) is 29.6. The van der Waals surface area contributed by atoms with Crippen molar-refractivity contribution in [2.24, 2.45) is 5.10 Å². The molecule has 0 bridgehead atoms. The predicted octanol–water partition coefficient (Wildman–Crippen LogP) is 3.58. The molecule has 0 atom stereocenters. The predicted molar refractivity (Wildman–Crippen MR) is 155 cm³/mol. The third-order valence-electron chi connectivity index (χ3n) is 5.47. The molecule has 0 aliphatic heterocycles. The normalized spacial score (nSPS) is 10.5. The van der Waals surface area contributed by atoms with Gasteiger partial charge in [-0.05, 0) is 60.9 Å². The number of halogens is 1. The standard InChI is InChI=1S/C29H31ClN4O7/c1-4-40-25-16-20(14-22(30)27(25)41-18-26(35)33-21-8-6-5-7-9-21)17-32-34-29(37)28(36)31-13-12-19-10-11-23(38-2)24(15-19)39-3/h5-11,14-17H,4,12-13,18H2,1-3H3,(H,31,36)(H,33,35)(H,34,37)/b32-17-. The lowest BCUT2D eigenvalue weighted by Gasteiger charge is -2.14. The van der Waals surface area contributed by atoms with Gasteiger partial charge < -0.3 is 29.6 Å². The van der Waals surface area contributed by atoms with Gasteiger partial charge in [-0.25, -0.2) is 5.43 Å². The first-order chi connectivity index (χ1) is 19.8. The highest BCUT2D eigenvalue weighted by atomic mass is 35.5. The molecule has 3 aromatic carbocycles. The van der Waals surface area contributed by atoms with E-state index in [1.54, 1.807) is 56.5 Å². The van der Waals surface area contributed by atoms with Gasteiger partial charge >= 0.3 is 11.8 Å². The number of nitrogens with one attached hydrogen (secondary N) is 3. The van der Waals surface area contributed by atoms with E-state index >= 15 is 0 Å². The second kappa shape index (κ2) is 15.7. The van der Waals surface area contributed by atoms with Crippen LogP contribution in [-0.2, 0) is 20.8 Å². The van der Waals surface area contributed by atoms with Crippen molar-refractivity contribution in [2.45, 2.75) is 13.3 Å². The Hall–Kier alpha value is -4.77. The summed E-state index contributed by atoms with van der Waals surface area (Å²) in [5.74, 6) is -0.503. The van der Waals surface area contributed by atoms with Gasteiger partial charge in [0.25, 0.3) is 5.91 Å². The highest BCUT2D eigenvalue weighted by Gasteiger charge is 2.15. The van der Waals surface area contributed by atoms with Crippen LogP contribution in [0.25, 0.3) is 0 Å². The largest absolute Gasteiger partial charge is 0.493 e. The van der Waals surface area contributed by atoms with Crippen LogP contribution in [0.15, 0.2) is 65.8 Å². The van der Waals surface area contributed by atoms with Crippen LogP contribution in [0, 0.1) is 0 Å². The molecule has 41 heavy (non-hydrogen) atoms. The molecule has 3 N–H and O–H groups in total. The van der Waals surface area contributed by atoms with Gasteiger partial charge in [-0.1, -0.05) is 35.9 Å². The van der Waals surface area contributed by atoms with Crippen molar-refractivity contribution < 1.29 is 33.3 Å². The lowest BCUT2D eigenvalue weighted by molar-refractivity contribution is -0.139. The van der Waals surface area contributed by atoms with Crippen LogP contribution < -0.4 is 35.0 Å². The first kappa shape index (κ1) is 30.8. The summed E-state index contributed by atoms with van der Waals surface area (Å²) in [6.07, 6.45) is 1.78. The van der Waals surface area contributed by atoms with Crippen LogP contribution >= 0.6 is 11.6 Å². The first-order valence-electron chi connectivity index (χ1n) is 12.6. The van der Waals surface area contributed by atoms with Crippen molar-refractivity contribution in [2.75, 3.05) is 39.3 Å². The average molecular weight is 583 g/mol. The minimum atomic E-state index is -0.936. The molecule has 0 saturated heterocycles. The average Bonchev–Trinajstić information content (AvgIpc) is 2.97. The summed E-state index contributed by atoms with van der Waals surface area (Å²) in [7, 11) is 3.08. The Labute approximate surface area is 242 Å². The number of nitrogens with zero attached hydrogens (tertiary/aromatic N) is 1. The van der Waals surface area contributed by atoms with Crippen molar-refractivity contribution in [1.82, 2.24) is 10.7 Å². The second-order valence-corrected chi connectivity index (χ2v) is 8.77. The molecular weight excluding hydrogens is 552 g/mol. The van der Waals surface area contributed by atoms with E-state index in [1.165, 1.54) is 19.4 Å². The summed E-state index contributed by atoms with van der Waals surface area (Å²) < 4.78 is 21.7. The van der Waals surface area contributed by atoms with Crippen LogP contribution in [-0.4, -0.2) is 57.9 Å². The summed E-state index contributed by atoms with van der Waals surface area (Å²) in [5, 5.41) is 9.26. The Morgan fingerprint density at radius 1 is 0.902 bits per heavy atom. The molecule has 216 valence electrons. The Morgan fingerprint density at radius 3 is 2.37 bits per heavy atom. The third kappa shape index (κ3) is 9.43. The van der Waals surface area contributed by atoms with Gasteiger partial charge in [0.2, 0.25) is 0 Å². The van der Waals surface area contributed by atoms with Gasteiger partial charge in [0, 0.05) is 12.2 Å². The number of amides is 3. The van der Waals surface area contributed by atoms with Crippen molar-refractivity contribution >= 4 is 41.2 Å². The third-order valence-corrected chi connectivity index (χ3v) is 5.75. The van der Waals surface area contributed by atoms with E-state index < -0.39 is 11.8 Å². The summed E-state index contributed by atoms with van der Waals surface area (Å²) in [6.45, 7) is 2.02. The van der Waals surface area contributed by atoms with E-state index in [0.29, 0.717) is 35.8 Å². The maximum Gasteiger partial charge on any atom is 0.329 e. The topological polar surface area (TPSA) is 137 Å². The highest BCUT2D eigenvalue weighted by molar-refractivity contribution is 6.35. The number of carbonyl (C=O) groups is 3. The second-order valence-electron chi connectivity index (χ2n) is 8.36. The zero-order valence-electron chi connectivity index (χ0n) is 22.9. The van der Waals surface area contributed by atoms with Crippen LogP contribution in [0.4, 0.5) is 5.69 Å². The molecule has 0 fully saturated rings. The van der Waals surface area contributed by atoms with Crippen LogP contribution in [0.2, 0.25) is 5.02 Å². The summed E-state index contributed by atoms with van der Waals surface area (Å²) >= 11 is 6.38. The van der Waals surface area contributed by atoms with Gasteiger partial charge in [0.15, 0.2) is 29.6 Å². The van der Waals surface area contributed by atoms with Crippen molar-refractivity contribution in [3.05, 3.63) is 76.8 Å². The number of carbonyl (C=O) groups excluding carboxylic acids is 3. The summed E-state index contributed by atoms with van der Waals surface area (Å²) in [6, 6.07) is 17.5. The zero-order valence-corrected chi connectivity index (χ0v) is 23.6. The molecule has 0 spiro atoms. The summed E-state index contributed by atoms with van der Waals surface area (Å²) in [4.78, 5) is 36.6. The fourth-order valence-electron chi connectivity index (χ4n) is 3.57. The van der Waals surface area contributed by atoms with Gasteiger partial charge in [-0.15, -0.1) is 0 Å². The van der Waals surface area contributed by atoms with Gasteiger partial charge in [-0.2, -0.15) is 5.10 Å². The molecule has 0 unspecified atom stereocenters. The molecule has 0 radical (unpaired) electrons. The Bertz CT molecular complexity index is 1380. The van der Waals surface area contributed by atoms with E-state index in [4.69, 9.17) is 30.5 Å². The van der Waals surface area contributed by atoms with Crippen molar-refractivity contribution in [3.8, 4) is 23.0 Å². The number of hydrogen-bond donors (Lipinski definition) is 3. The minimum Gasteiger partial charge on any atom is -0.493 e. The smallest absolute Gasteiger partial charge is 0.329 e. The molecule has 3 amide bonds. The van der Waals surface area contributed by atoms with Crippen molar-refractivity contribution in [3.63, 3.8) is 0 Å².